The number of aromatic nitrogens is 2. The summed E-state index contributed by atoms with van der Waals surface area (Å²) in [5.74, 6) is 0.392. The maximum Gasteiger partial charge on any atom is 0.304 e. The number of hydrogen-bond donors (Lipinski definition) is 1. The third kappa shape index (κ3) is 4.50. The van der Waals surface area contributed by atoms with Gasteiger partial charge in [-0.25, -0.2) is 4.98 Å². The van der Waals surface area contributed by atoms with E-state index in [2.05, 4.69) is 23.2 Å². The van der Waals surface area contributed by atoms with E-state index in [1.54, 1.807) is 6.20 Å². The van der Waals surface area contributed by atoms with Crippen LogP contribution >= 0.6 is 0 Å². The summed E-state index contributed by atoms with van der Waals surface area (Å²) in [6.07, 6.45) is 8.44. The normalized spacial score (nSPS) is 14.2. The van der Waals surface area contributed by atoms with Gasteiger partial charge in [-0.1, -0.05) is 30.3 Å². The smallest absolute Gasteiger partial charge is 0.304 e. The summed E-state index contributed by atoms with van der Waals surface area (Å²) in [6.45, 7) is 0.532. The number of carbonyl (C=O) groups is 1. The van der Waals surface area contributed by atoms with Crippen LogP contribution in [-0.4, -0.2) is 20.6 Å². The predicted octanol–water partition coefficient (Wildman–Crippen LogP) is 4.48. The minimum Gasteiger partial charge on any atom is -0.489 e. The Bertz CT molecular complexity index is 992. The van der Waals surface area contributed by atoms with Crippen LogP contribution in [0.1, 0.15) is 53.3 Å². The molecule has 29 heavy (non-hydrogen) atoms. The number of fused-ring (bicyclic) bond motifs is 1. The molecule has 0 aliphatic heterocycles. The zero-order valence-electron chi connectivity index (χ0n) is 16.7. The van der Waals surface area contributed by atoms with E-state index in [0.717, 1.165) is 23.6 Å². The second-order valence-electron chi connectivity index (χ2n) is 7.71. The van der Waals surface area contributed by atoms with Crippen LogP contribution in [0, 0.1) is 0 Å². The molecule has 0 unspecified atom stereocenters. The number of carboxylic acid groups (broad SMARTS) is 1. The van der Waals surface area contributed by atoms with Gasteiger partial charge in [0.05, 0.1) is 12.3 Å². The summed E-state index contributed by atoms with van der Waals surface area (Å²) in [6, 6.07) is 14.3. The lowest BCUT2D eigenvalue weighted by molar-refractivity contribution is -0.137. The van der Waals surface area contributed by atoms with Crippen molar-refractivity contribution in [3.05, 3.63) is 82.9 Å². The molecule has 1 aliphatic carbocycles. The predicted molar refractivity (Wildman–Crippen MR) is 111 cm³/mol. The largest absolute Gasteiger partial charge is 0.489 e. The zero-order valence-corrected chi connectivity index (χ0v) is 16.7. The van der Waals surface area contributed by atoms with Crippen LogP contribution < -0.4 is 4.74 Å². The Morgan fingerprint density at radius 3 is 2.59 bits per heavy atom. The summed E-state index contributed by atoms with van der Waals surface area (Å²) in [5.41, 5.74) is 5.04. The number of benzene rings is 2. The number of rotatable bonds is 7. The van der Waals surface area contributed by atoms with E-state index in [-0.39, 0.29) is 12.3 Å². The first kappa shape index (κ1) is 19.2. The fraction of sp³-hybridized carbons (Fsp3) is 0.333. The number of aryl methyl sites for hydroxylation is 3. The van der Waals surface area contributed by atoms with Crippen molar-refractivity contribution in [2.24, 2.45) is 7.05 Å². The fourth-order valence-electron chi connectivity index (χ4n) is 4.09. The molecule has 2 aromatic carbocycles. The fourth-order valence-corrected chi connectivity index (χ4v) is 4.09. The Morgan fingerprint density at radius 1 is 1.14 bits per heavy atom. The molecule has 4 rings (SSSR count). The highest BCUT2D eigenvalue weighted by Crippen LogP contribution is 2.29. The lowest BCUT2D eigenvalue weighted by atomic mass is 9.90. The van der Waals surface area contributed by atoms with Gasteiger partial charge in [0.15, 0.2) is 0 Å². The summed E-state index contributed by atoms with van der Waals surface area (Å²) < 4.78 is 7.85. The van der Waals surface area contributed by atoms with E-state index in [1.165, 1.54) is 36.0 Å². The van der Waals surface area contributed by atoms with Crippen molar-refractivity contribution < 1.29 is 14.6 Å². The molecule has 5 heteroatoms. The maximum atomic E-state index is 11.4. The number of imidazole rings is 1. The van der Waals surface area contributed by atoms with Gasteiger partial charge < -0.3 is 14.4 Å². The summed E-state index contributed by atoms with van der Waals surface area (Å²) in [4.78, 5) is 15.7. The van der Waals surface area contributed by atoms with Crippen molar-refractivity contribution in [3.8, 4) is 5.75 Å². The van der Waals surface area contributed by atoms with Crippen molar-refractivity contribution in [1.29, 1.82) is 0 Å². The number of carboxylic acids is 1. The Balaban J connectivity index is 1.45. The van der Waals surface area contributed by atoms with Gasteiger partial charge in [0.2, 0.25) is 0 Å². The van der Waals surface area contributed by atoms with Crippen molar-refractivity contribution in [3.63, 3.8) is 0 Å². The Kier molecular flexibility index (Phi) is 5.65. The number of nitrogens with zero attached hydrogens (tertiary/aromatic N) is 2. The molecule has 0 fully saturated rings. The molecular weight excluding hydrogens is 364 g/mol. The molecule has 1 N–H and O–H groups in total. The first-order valence-corrected chi connectivity index (χ1v) is 10.1. The average molecular weight is 390 g/mol. The Hall–Kier alpha value is -3.08. The zero-order chi connectivity index (χ0) is 20.2. The molecule has 1 heterocycles. The molecule has 1 atom stereocenters. The van der Waals surface area contributed by atoms with Gasteiger partial charge in [0, 0.05) is 19.4 Å². The van der Waals surface area contributed by atoms with Crippen LogP contribution in [0.15, 0.2) is 54.9 Å². The quantitative estimate of drug-likeness (QED) is 0.646. The lowest BCUT2D eigenvalue weighted by Crippen LogP contribution is -2.12. The molecule has 0 amide bonds. The number of ether oxygens (including phenoxy) is 1. The van der Waals surface area contributed by atoms with Crippen LogP contribution in [0.4, 0.5) is 0 Å². The first-order chi connectivity index (χ1) is 14.1. The second kappa shape index (κ2) is 8.52. The SMILES string of the molecule is Cn1ccnc1[C@@H](CC(=O)O)c1ccc(OCc2ccc3c(c2)CCCC3)cc1. The Morgan fingerprint density at radius 2 is 1.90 bits per heavy atom. The summed E-state index contributed by atoms with van der Waals surface area (Å²) >= 11 is 0. The first-order valence-electron chi connectivity index (χ1n) is 10.1. The Labute approximate surface area is 171 Å². The maximum absolute atomic E-state index is 11.4. The number of aliphatic carboxylic acids is 1. The van der Waals surface area contributed by atoms with E-state index in [0.29, 0.717) is 6.61 Å². The van der Waals surface area contributed by atoms with Crippen molar-refractivity contribution in [2.45, 2.75) is 44.6 Å². The second-order valence-corrected chi connectivity index (χ2v) is 7.71. The molecule has 0 bridgehead atoms. The van der Waals surface area contributed by atoms with Gasteiger partial charge >= 0.3 is 5.97 Å². The minimum absolute atomic E-state index is 0.000181. The lowest BCUT2D eigenvalue weighted by Gasteiger charge is -2.17. The summed E-state index contributed by atoms with van der Waals surface area (Å²) in [7, 11) is 1.88. The molecule has 5 nitrogen and oxygen atoms in total. The van der Waals surface area contributed by atoms with E-state index in [4.69, 9.17) is 4.74 Å². The van der Waals surface area contributed by atoms with Crippen LogP contribution in [0.2, 0.25) is 0 Å². The van der Waals surface area contributed by atoms with Crippen LogP contribution in [0.3, 0.4) is 0 Å². The standard InChI is InChI=1S/C24H26N2O3/c1-26-13-12-25-24(26)22(15-23(27)28)19-8-10-21(11-9-19)29-16-17-6-7-18-4-2-3-5-20(18)14-17/h6-14,22H,2-5,15-16H2,1H3,(H,27,28)/t22-/m0/s1. The van der Waals surface area contributed by atoms with E-state index < -0.39 is 5.97 Å². The summed E-state index contributed by atoms with van der Waals surface area (Å²) in [5, 5.41) is 9.32. The van der Waals surface area contributed by atoms with Crippen LogP contribution in [0.25, 0.3) is 0 Å². The van der Waals surface area contributed by atoms with Gasteiger partial charge in [-0.2, -0.15) is 0 Å². The van der Waals surface area contributed by atoms with E-state index >= 15 is 0 Å². The molecule has 0 saturated carbocycles. The van der Waals surface area contributed by atoms with Gasteiger partial charge in [-0.05, 0) is 60.1 Å². The van der Waals surface area contributed by atoms with Crippen LogP contribution in [0.5, 0.6) is 5.75 Å². The third-order valence-electron chi connectivity index (χ3n) is 5.65. The monoisotopic (exact) mass is 390 g/mol. The molecule has 1 aromatic heterocycles. The van der Waals surface area contributed by atoms with Gasteiger partial charge in [0.1, 0.15) is 18.2 Å². The topological polar surface area (TPSA) is 64.4 Å². The van der Waals surface area contributed by atoms with E-state index in [9.17, 15) is 9.90 Å². The van der Waals surface area contributed by atoms with Crippen molar-refractivity contribution >= 4 is 5.97 Å². The molecular formula is C24H26N2O3. The van der Waals surface area contributed by atoms with Crippen molar-refractivity contribution in [1.82, 2.24) is 9.55 Å². The minimum atomic E-state index is -0.842. The molecule has 3 aromatic rings. The molecule has 0 radical (unpaired) electrons. The molecule has 0 spiro atoms. The highest BCUT2D eigenvalue weighted by Gasteiger charge is 2.21. The van der Waals surface area contributed by atoms with E-state index in [1.807, 2.05) is 42.1 Å². The average Bonchev–Trinajstić information content (AvgIpc) is 3.16. The van der Waals surface area contributed by atoms with Crippen LogP contribution in [-0.2, 0) is 31.3 Å². The van der Waals surface area contributed by atoms with Gasteiger partial charge in [-0.15, -0.1) is 0 Å². The van der Waals surface area contributed by atoms with Crippen molar-refractivity contribution in [2.75, 3.05) is 0 Å². The highest BCUT2D eigenvalue weighted by atomic mass is 16.5. The molecule has 0 saturated heterocycles. The molecule has 150 valence electrons. The number of hydrogen-bond acceptors (Lipinski definition) is 3. The third-order valence-corrected chi connectivity index (χ3v) is 5.65. The van der Waals surface area contributed by atoms with Gasteiger partial charge in [-0.3, -0.25) is 4.79 Å². The van der Waals surface area contributed by atoms with Gasteiger partial charge in [0.25, 0.3) is 0 Å². The highest BCUT2D eigenvalue weighted by molar-refractivity contribution is 5.68. The molecule has 1 aliphatic rings.